The highest BCUT2D eigenvalue weighted by molar-refractivity contribution is 6.30. The van der Waals surface area contributed by atoms with Gasteiger partial charge in [0.05, 0.1) is 0 Å². The van der Waals surface area contributed by atoms with Gasteiger partial charge in [0.25, 0.3) is 0 Å². The maximum atomic E-state index is 9.10. The van der Waals surface area contributed by atoms with Crippen molar-refractivity contribution in [1.82, 2.24) is 9.80 Å². The van der Waals surface area contributed by atoms with Crippen LogP contribution in [0.25, 0.3) is 0 Å². The number of halogens is 2. The predicted octanol–water partition coefficient (Wildman–Crippen LogP) is 5.59. The summed E-state index contributed by atoms with van der Waals surface area (Å²) in [6.45, 7) is 6.05. The summed E-state index contributed by atoms with van der Waals surface area (Å²) in [6, 6.07) is 16.9. The third-order valence-electron chi connectivity index (χ3n) is 7.30. The second kappa shape index (κ2) is 19.0. The van der Waals surface area contributed by atoms with Gasteiger partial charge < -0.3 is 21.7 Å². The number of hydrogen-bond donors (Lipinski definition) is 4. The lowest BCUT2D eigenvalue weighted by Crippen LogP contribution is -2.34. The molecule has 222 valence electrons. The molecule has 0 aromatic heterocycles. The van der Waals surface area contributed by atoms with E-state index in [1.54, 1.807) is 0 Å². The fraction of sp³-hybridized carbons (Fsp3) is 0.533. The Kier molecular flexibility index (Phi) is 16.2. The highest BCUT2D eigenvalue weighted by Gasteiger charge is 2.21. The zero-order valence-electron chi connectivity index (χ0n) is 23.2. The molecule has 4 rings (SSSR count). The number of carboxylic acid groups (broad SMARTS) is 2. The summed E-state index contributed by atoms with van der Waals surface area (Å²) in [7, 11) is 0. The number of carbonyl (C=O) groups is 2. The second-order valence-electron chi connectivity index (χ2n) is 10.1. The number of likely N-dealkylation sites (tertiary alicyclic amines) is 2. The first-order chi connectivity index (χ1) is 19.3. The highest BCUT2D eigenvalue weighted by Crippen LogP contribution is 2.25. The van der Waals surface area contributed by atoms with Crippen LogP contribution in [0.5, 0.6) is 0 Å². The Bertz CT molecular complexity index is 910. The molecule has 6 N–H and O–H groups in total. The van der Waals surface area contributed by atoms with Crippen LogP contribution in [0.3, 0.4) is 0 Å². The predicted molar refractivity (Wildman–Crippen MR) is 162 cm³/mol. The molecule has 2 aliphatic heterocycles. The van der Waals surface area contributed by atoms with Crippen molar-refractivity contribution in [2.75, 3.05) is 39.3 Å². The maximum Gasteiger partial charge on any atom is 0.414 e. The SMILES string of the molecule is NCC(c1ccc(Cl)cc1)N1CCCCCC1.NCC(c1ccc(Cl)cc1)N1CCCCCC1.O=C(O)C(=O)O. The molecule has 2 unspecified atom stereocenters. The first kappa shape index (κ1) is 34.0. The smallest absolute Gasteiger partial charge is 0.414 e. The average molecular weight is 596 g/mol. The Balaban J connectivity index is 0.000000234. The molecule has 0 amide bonds. The van der Waals surface area contributed by atoms with Crippen molar-refractivity contribution in [1.29, 1.82) is 0 Å². The van der Waals surface area contributed by atoms with Crippen molar-refractivity contribution in [3.8, 4) is 0 Å². The van der Waals surface area contributed by atoms with Gasteiger partial charge in [-0.15, -0.1) is 0 Å². The van der Waals surface area contributed by atoms with E-state index in [-0.39, 0.29) is 0 Å². The molecule has 0 aliphatic carbocycles. The van der Waals surface area contributed by atoms with Gasteiger partial charge in [-0.2, -0.15) is 0 Å². The first-order valence-corrected chi connectivity index (χ1v) is 14.9. The largest absolute Gasteiger partial charge is 0.473 e. The lowest BCUT2D eigenvalue weighted by Gasteiger charge is -2.30. The molecule has 2 atom stereocenters. The summed E-state index contributed by atoms with van der Waals surface area (Å²) in [5.41, 5.74) is 14.5. The van der Waals surface area contributed by atoms with Gasteiger partial charge in [-0.1, -0.05) is 73.2 Å². The zero-order chi connectivity index (χ0) is 29.3. The third-order valence-corrected chi connectivity index (χ3v) is 7.81. The van der Waals surface area contributed by atoms with E-state index < -0.39 is 11.9 Å². The third kappa shape index (κ3) is 12.1. The van der Waals surface area contributed by atoms with Crippen molar-refractivity contribution in [3.05, 3.63) is 69.7 Å². The standard InChI is InChI=1S/2C14H21ClN2.C2H2O4/c2*15-13-7-5-12(6-8-13)14(11-16)17-9-3-1-2-4-10-17;3-1(4)2(5)6/h2*5-8,14H,1-4,9-11,16H2;(H,3,4)(H,5,6). The van der Waals surface area contributed by atoms with Crippen molar-refractivity contribution in [3.63, 3.8) is 0 Å². The number of aliphatic carboxylic acids is 2. The lowest BCUT2D eigenvalue weighted by atomic mass is 10.1. The monoisotopic (exact) mass is 594 g/mol. The van der Waals surface area contributed by atoms with Crippen molar-refractivity contribution < 1.29 is 19.8 Å². The Morgan fingerprint density at radius 3 is 1.10 bits per heavy atom. The van der Waals surface area contributed by atoms with Crippen molar-refractivity contribution in [2.45, 2.75) is 63.5 Å². The summed E-state index contributed by atoms with van der Waals surface area (Å²) in [5.74, 6) is -3.65. The molecule has 2 aromatic carbocycles. The van der Waals surface area contributed by atoms with Gasteiger partial charge >= 0.3 is 11.9 Å². The topological polar surface area (TPSA) is 133 Å². The summed E-state index contributed by atoms with van der Waals surface area (Å²) in [5, 5.41) is 16.4. The summed E-state index contributed by atoms with van der Waals surface area (Å²) >= 11 is 11.9. The zero-order valence-corrected chi connectivity index (χ0v) is 24.7. The molecule has 8 nitrogen and oxygen atoms in total. The minimum atomic E-state index is -1.82. The van der Waals surface area contributed by atoms with E-state index >= 15 is 0 Å². The van der Waals surface area contributed by atoms with Crippen LogP contribution in [0, 0.1) is 0 Å². The maximum absolute atomic E-state index is 9.10. The quantitative estimate of drug-likeness (QED) is 0.318. The molecule has 2 saturated heterocycles. The van der Waals surface area contributed by atoms with E-state index in [2.05, 4.69) is 34.1 Å². The van der Waals surface area contributed by atoms with Crippen LogP contribution < -0.4 is 11.5 Å². The molecule has 0 saturated carbocycles. The van der Waals surface area contributed by atoms with Crippen LogP contribution >= 0.6 is 23.2 Å². The molecular formula is C30H44Cl2N4O4. The summed E-state index contributed by atoms with van der Waals surface area (Å²) in [4.78, 5) is 23.2. The van der Waals surface area contributed by atoms with Gasteiger partial charge in [-0.3, -0.25) is 9.80 Å². The van der Waals surface area contributed by atoms with Crippen LogP contribution in [-0.2, 0) is 9.59 Å². The highest BCUT2D eigenvalue weighted by atomic mass is 35.5. The first-order valence-electron chi connectivity index (χ1n) is 14.1. The minimum Gasteiger partial charge on any atom is -0.473 e. The Labute approximate surface area is 248 Å². The van der Waals surface area contributed by atoms with Crippen LogP contribution in [0.2, 0.25) is 10.0 Å². The molecule has 0 radical (unpaired) electrons. The van der Waals surface area contributed by atoms with Gasteiger partial charge in [0.2, 0.25) is 0 Å². The molecule has 10 heteroatoms. The van der Waals surface area contributed by atoms with Gasteiger partial charge in [-0.25, -0.2) is 9.59 Å². The fourth-order valence-corrected chi connectivity index (χ4v) is 5.43. The van der Waals surface area contributed by atoms with E-state index in [4.69, 9.17) is 54.5 Å². The van der Waals surface area contributed by atoms with E-state index in [1.165, 1.54) is 88.7 Å². The number of rotatable bonds is 6. The van der Waals surface area contributed by atoms with Crippen LogP contribution in [0.15, 0.2) is 48.5 Å². The van der Waals surface area contributed by atoms with Crippen LogP contribution in [-0.4, -0.2) is 71.2 Å². The van der Waals surface area contributed by atoms with Crippen molar-refractivity contribution >= 4 is 35.1 Å². The molecule has 40 heavy (non-hydrogen) atoms. The average Bonchev–Trinajstić information content (AvgIpc) is 3.39. The van der Waals surface area contributed by atoms with E-state index in [9.17, 15) is 0 Å². The molecule has 0 spiro atoms. The second-order valence-corrected chi connectivity index (χ2v) is 11.0. The summed E-state index contributed by atoms with van der Waals surface area (Å²) < 4.78 is 0. The number of benzene rings is 2. The lowest BCUT2D eigenvalue weighted by molar-refractivity contribution is -0.159. The normalized spacial score (nSPS) is 18.0. The van der Waals surface area contributed by atoms with E-state index in [0.717, 1.165) is 10.0 Å². The van der Waals surface area contributed by atoms with Crippen LogP contribution in [0.1, 0.15) is 74.6 Å². The van der Waals surface area contributed by atoms with Gasteiger partial charge in [0.1, 0.15) is 0 Å². The van der Waals surface area contributed by atoms with Gasteiger partial charge in [-0.05, 0) is 87.3 Å². The molecule has 0 bridgehead atoms. The van der Waals surface area contributed by atoms with Crippen LogP contribution in [0.4, 0.5) is 0 Å². The Morgan fingerprint density at radius 2 is 0.875 bits per heavy atom. The van der Waals surface area contributed by atoms with E-state index in [0.29, 0.717) is 25.2 Å². The number of hydrogen-bond acceptors (Lipinski definition) is 6. The Morgan fingerprint density at radius 1 is 0.600 bits per heavy atom. The number of carboxylic acids is 2. The van der Waals surface area contributed by atoms with E-state index in [1.807, 2.05) is 24.3 Å². The molecule has 2 fully saturated rings. The summed E-state index contributed by atoms with van der Waals surface area (Å²) in [6.07, 6.45) is 10.6. The minimum absolute atomic E-state index is 0.352. The number of nitrogens with two attached hydrogens (primary N) is 2. The molecule has 2 heterocycles. The van der Waals surface area contributed by atoms with Gasteiger partial charge in [0, 0.05) is 35.2 Å². The Hall–Kier alpha value is -2.20. The molecule has 2 aromatic rings. The number of nitrogens with zero attached hydrogens (tertiary/aromatic N) is 2. The molecular weight excluding hydrogens is 551 g/mol. The molecule has 2 aliphatic rings. The van der Waals surface area contributed by atoms with Crippen molar-refractivity contribution in [2.24, 2.45) is 11.5 Å². The van der Waals surface area contributed by atoms with Gasteiger partial charge in [0.15, 0.2) is 0 Å². The fourth-order valence-electron chi connectivity index (χ4n) is 5.18.